The van der Waals surface area contributed by atoms with E-state index in [0.717, 1.165) is 10.3 Å². The lowest BCUT2D eigenvalue weighted by molar-refractivity contribution is 0.326. The van der Waals surface area contributed by atoms with Crippen LogP contribution in [0.25, 0.3) is 11.0 Å². The van der Waals surface area contributed by atoms with Gasteiger partial charge in [0.05, 0.1) is 10.9 Å². The van der Waals surface area contributed by atoms with Crippen molar-refractivity contribution in [3.8, 4) is 5.75 Å². The number of hydrogen-bond acceptors (Lipinski definition) is 4. The third kappa shape index (κ3) is 2.21. The number of benzene rings is 2. The molecular weight excluding hydrogens is 284 g/mol. The van der Waals surface area contributed by atoms with E-state index in [2.05, 4.69) is 0 Å². The summed E-state index contributed by atoms with van der Waals surface area (Å²) in [5.41, 5.74) is 0.838. The molecule has 104 valence electrons. The van der Waals surface area contributed by atoms with Crippen LogP contribution >= 0.6 is 11.8 Å². The molecule has 1 atom stereocenters. The van der Waals surface area contributed by atoms with E-state index in [1.54, 1.807) is 17.8 Å². The van der Waals surface area contributed by atoms with Crippen LogP contribution in [-0.4, -0.2) is 5.44 Å². The van der Waals surface area contributed by atoms with Crippen LogP contribution in [0.1, 0.15) is 5.56 Å². The van der Waals surface area contributed by atoms with Crippen LogP contribution in [0.3, 0.4) is 0 Å². The number of fused-ring (bicyclic) bond motifs is 3. The van der Waals surface area contributed by atoms with Gasteiger partial charge in [0.25, 0.3) is 0 Å². The summed E-state index contributed by atoms with van der Waals surface area (Å²) in [5, 5.41) is 0.864. The Morgan fingerprint density at radius 1 is 1.00 bits per heavy atom. The van der Waals surface area contributed by atoms with Gasteiger partial charge in [0.2, 0.25) is 0 Å². The van der Waals surface area contributed by atoms with E-state index in [-0.39, 0.29) is 11.1 Å². The van der Waals surface area contributed by atoms with Crippen LogP contribution in [0, 0.1) is 0 Å². The Balaban J connectivity index is 1.72. The third-order valence-corrected chi connectivity index (χ3v) is 4.56. The number of ether oxygens (including phenoxy) is 1. The molecule has 3 nitrogen and oxygen atoms in total. The van der Waals surface area contributed by atoms with Crippen molar-refractivity contribution in [3.05, 3.63) is 70.6 Å². The zero-order chi connectivity index (χ0) is 14.2. The molecule has 4 rings (SSSR count). The predicted octanol–water partition coefficient (Wildman–Crippen LogP) is 3.85. The van der Waals surface area contributed by atoms with Gasteiger partial charge in [0, 0.05) is 11.3 Å². The largest absolute Gasteiger partial charge is 0.478 e. The topological polar surface area (TPSA) is 39.4 Å². The monoisotopic (exact) mass is 296 g/mol. The molecule has 0 saturated carbocycles. The first kappa shape index (κ1) is 12.5. The Labute approximate surface area is 125 Å². The Morgan fingerprint density at radius 3 is 2.62 bits per heavy atom. The summed E-state index contributed by atoms with van der Waals surface area (Å²) in [4.78, 5) is 13.2. The van der Waals surface area contributed by atoms with Crippen molar-refractivity contribution >= 4 is 22.7 Å². The van der Waals surface area contributed by atoms with Gasteiger partial charge in [-0.05, 0) is 24.3 Å². The van der Waals surface area contributed by atoms with Crippen molar-refractivity contribution in [3.63, 3.8) is 0 Å². The average molecular weight is 296 g/mol. The Morgan fingerprint density at radius 2 is 1.76 bits per heavy atom. The molecule has 1 aliphatic rings. The molecule has 0 fully saturated rings. The fourth-order valence-electron chi connectivity index (χ4n) is 2.53. The molecule has 4 heteroatoms. The fraction of sp³-hybridized carbons (Fsp3) is 0.118. The maximum Gasteiger partial charge on any atom is 0.343 e. The van der Waals surface area contributed by atoms with E-state index in [1.165, 1.54) is 0 Å². The Bertz CT molecular complexity index is 855. The van der Waals surface area contributed by atoms with E-state index in [4.69, 9.17) is 9.15 Å². The first-order valence-electron chi connectivity index (χ1n) is 6.74. The summed E-state index contributed by atoms with van der Waals surface area (Å²) in [6, 6.07) is 17.5. The van der Waals surface area contributed by atoms with Gasteiger partial charge in [0.15, 0.2) is 5.44 Å². The fourth-order valence-corrected chi connectivity index (χ4v) is 3.54. The molecule has 0 saturated heterocycles. The summed E-state index contributed by atoms with van der Waals surface area (Å²) in [5.74, 6) is 0.676. The second kappa shape index (κ2) is 4.97. The van der Waals surface area contributed by atoms with Gasteiger partial charge >= 0.3 is 5.63 Å². The van der Waals surface area contributed by atoms with E-state index < -0.39 is 0 Å². The van der Waals surface area contributed by atoms with Crippen LogP contribution in [-0.2, 0) is 6.42 Å². The Kier molecular flexibility index (Phi) is 2.97. The molecule has 1 unspecified atom stereocenters. The summed E-state index contributed by atoms with van der Waals surface area (Å²) in [6.07, 6.45) is 0.571. The van der Waals surface area contributed by atoms with Crippen molar-refractivity contribution in [2.75, 3.05) is 0 Å². The first-order valence-corrected chi connectivity index (χ1v) is 7.62. The standard InChI is InChI=1S/C17H12O3S/c18-17-13-10-15(21-11-6-2-1-3-7-11)20-16(13)12-8-4-5-9-14(12)19-17/h1-9,15H,10H2. The Hall–Kier alpha value is -2.20. The van der Waals surface area contributed by atoms with Gasteiger partial charge in [-0.2, -0.15) is 0 Å². The highest BCUT2D eigenvalue weighted by atomic mass is 32.2. The van der Waals surface area contributed by atoms with Crippen molar-refractivity contribution in [1.82, 2.24) is 0 Å². The number of hydrogen-bond donors (Lipinski definition) is 0. The van der Waals surface area contributed by atoms with E-state index in [0.29, 0.717) is 23.3 Å². The molecule has 0 amide bonds. The molecule has 2 aromatic carbocycles. The maximum atomic E-state index is 12.1. The summed E-state index contributed by atoms with van der Waals surface area (Å²) in [7, 11) is 0. The highest BCUT2D eigenvalue weighted by Gasteiger charge is 2.29. The molecule has 0 N–H and O–H groups in total. The molecule has 0 aliphatic carbocycles. The molecule has 3 aromatic rings. The molecule has 21 heavy (non-hydrogen) atoms. The summed E-state index contributed by atoms with van der Waals surface area (Å²) in [6.45, 7) is 0. The molecule has 1 aliphatic heterocycles. The van der Waals surface area contributed by atoms with Crippen LogP contribution in [0.4, 0.5) is 0 Å². The minimum Gasteiger partial charge on any atom is -0.478 e. The van der Waals surface area contributed by atoms with Gasteiger partial charge in [0.1, 0.15) is 11.3 Å². The van der Waals surface area contributed by atoms with Crippen molar-refractivity contribution in [2.24, 2.45) is 0 Å². The van der Waals surface area contributed by atoms with Gasteiger partial charge in [-0.15, -0.1) is 0 Å². The first-order chi connectivity index (χ1) is 10.3. The van der Waals surface area contributed by atoms with Crippen molar-refractivity contribution in [1.29, 1.82) is 0 Å². The van der Waals surface area contributed by atoms with Crippen LogP contribution in [0.15, 0.2) is 68.7 Å². The van der Waals surface area contributed by atoms with Crippen molar-refractivity contribution < 1.29 is 9.15 Å². The summed E-state index contributed by atoms with van der Waals surface area (Å²) >= 11 is 1.62. The van der Waals surface area contributed by atoms with E-state index in [9.17, 15) is 4.79 Å². The van der Waals surface area contributed by atoms with Gasteiger partial charge in [-0.3, -0.25) is 0 Å². The van der Waals surface area contributed by atoms with Gasteiger partial charge in [-0.1, -0.05) is 42.1 Å². The smallest absolute Gasteiger partial charge is 0.343 e. The van der Waals surface area contributed by atoms with Crippen molar-refractivity contribution in [2.45, 2.75) is 16.8 Å². The lowest BCUT2D eigenvalue weighted by Gasteiger charge is -2.10. The maximum absolute atomic E-state index is 12.1. The normalized spacial score (nSPS) is 16.7. The van der Waals surface area contributed by atoms with Crippen LogP contribution < -0.4 is 10.4 Å². The average Bonchev–Trinajstić information content (AvgIpc) is 2.93. The quantitative estimate of drug-likeness (QED) is 0.673. The van der Waals surface area contributed by atoms with Gasteiger partial charge in [-0.25, -0.2) is 4.79 Å². The lowest BCUT2D eigenvalue weighted by Crippen LogP contribution is -2.09. The minimum absolute atomic E-state index is 0.0869. The van der Waals surface area contributed by atoms with E-state index >= 15 is 0 Å². The second-order valence-corrected chi connectivity index (χ2v) is 6.11. The van der Waals surface area contributed by atoms with E-state index in [1.807, 2.05) is 48.5 Å². The number of rotatable bonds is 2. The second-order valence-electron chi connectivity index (χ2n) is 4.88. The highest BCUT2D eigenvalue weighted by molar-refractivity contribution is 7.99. The zero-order valence-electron chi connectivity index (χ0n) is 11.1. The molecule has 0 bridgehead atoms. The predicted molar refractivity (Wildman–Crippen MR) is 82.9 cm³/mol. The SMILES string of the molecule is O=c1oc2ccccc2c2c1CC(Sc1ccccc1)O2. The highest BCUT2D eigenvalue weighted by Crippen LogP contribution is 2.39. The minimum atomic E-state index is -0.292. The molecular formula is C17H12O3S. The number of para-hydroxylation sites is 1. The third-order valence-electron chi connectivity index (χ3n) is 3.49. The molecule has 1 aromatic heterocycles. The summed E-state index contributed by atoms with van der Waals surface area (Å²) < 4.78 is 11.4. The molecule has 0 spiro atoms. The van der Waals surface area contributed by atoms with Crippen LogP contribution in [0.2, 0.25) is 0 Å². The van der Waals surface area contributed by atoms with Crippen LogP contribution in [0.5, 0.6) is 5.75 Å². The molecule has 0 radical (unpaired) electrons. The molecule has 2 heterocycles. The van der Waals surface area contributed by atoms with Gasteiger partial charge < -0.3 is 9.15 Å². The lowest BCUT2D eigenvalue weighted by atomic mass is 10.1. The number of thioether (sulfide) groups is 1. The zero-order valence-corrected chi connectivity index (χ0v) is 11.9.